The number of ketones is 1. The number of nitrogens with one attached hydrogen (secondary N) is 1. The smallest absolute Gasteiger partial charge is 0.314 e. The summed E-state index contributed by atoms with van der Waals surface area (Å²) in [6, 6.07) is 16.1. The van der Waals surface area contributed by atoms with E-state index in [1.54, 1.807) is 24.3 Å². The lowest BCUT2D eigenvalue weighted by atomic mass is 9.86. The van der Waals surface area contributed by atoms with Gasteiger partial charge >= 0.3 is 5.97 Å². The van der Waals surface area contributed by atoms with Crippen LogP contribution in [-0.2, 0) is 14.3 Å². The van der Waals surface area contributed by atoms with Crippen molar-refractivity contribution in [2.45, 2.75) is 33.1 Å². The van der Waals surface area contributed by atoms with Crippen LogP contribution in [0, 0.1) is 5.92 Å². The van der Waals surface area contributed by atoms with Crippen molar-refractivity contribution in [3.05, 3.63) is 65.7 Å². The van der Waals surface area contributed by atoms with Crippen molar-refractivity contribution in [2.75, 3.05) is 11.9 Å². The molecule has 2 atom stereocenters. The maximum atomic E-state index is 12.6. The summed E-state index contributed by atoms with van der Waals surface area (Å²) in [5.74, 6) is -1.26. The van der Waals surface area contributed by atoms with E-state index in [9.17, 15) is 14.4 Å². The lowest BCUT2D eigenvalue weighted by molar-refractivity contribution is -0.150. The van der Waals surface area contributed by atoms with Crippen LogP contribution in [-0.4, -0.2) is 24.3 Å². The number of hydrogen-bond acceptors (Lipinski definition) is 4. The second kappa shape index (κ2) is 9.67. The molecule has 2 aromatic carbocycles. The molecule has 0 spiro atoms. The van der Waals surface area contributed by atoms with E-state index in [2.05, 4.69) is 5.32 Å². The molecule has 2 aromatic rings. The van der Waals surface area contributed by atoms with Crippen LogP contribution in [0.15, 0.2) is 54.6 Å². The third-order valence-corrected chi connectivity index (χ3v) is 4.52. The topological polar surface area (TPSA) is 72.5 Å². The van der Waals surface area contributed by atoms with Crippen LogP contribution >= 0.6 is 0 Å². The van der Waals surface area contributed by atoms with Gasteiger partial charge in [0.05, 0.1) is 5.92 Å². The molecule has 0 aromatic heterocycles. The number of esters is 1. The molecular weight excluding hydrogens is 342 g/mol. The fourth-order valence-corrected chi connectivity index (χ4v) is 2.83. The van der Waals surface area contributed by atoms with Gasteiger partial charge in [-0.25, -0.2) is 0 Å². The predicted molar refractivity (Wildman–Crippen MR) is 105 cm³/mol. The minimum atomic E-state index is -0.444. The number of amides is 1. The number of Topliss-reactive ketones (excluding diaryl/α,β-unsaturated/α-hetero) is 1. The number of anilines is 1. The highest BCUT2D eigenvalue weighted by Crippen LogP contribution is 2.28. The van der Waals surface area contributed by atoms with Crippen molar-refractivity contribution in [3.63, 3.8) is 0 Å². The molecule has 0 aliphatic carbocycles. The van der Waals surface area contributed by atoms with Crippen molar-refractivity contribution in [2.24, 2.45) is 5.92 Å². The van der Waals surface area contributed by atoms with Crippen molar-refractivity contribution >= 4 is 23.3 Å². The summed E-state index contributed by atoms with van der Waals surface area (Å²) >= 11 is 0. The Morgan fingerprint density at radius 1 is 1.04 bits per heavy atom. The van der Waals surface area contributed by atoms with E-state index in [-0.39, 0.29) is 18.3 Å². The highest BCUT2D eigenvalue weighted by Gasteiger charge is 2.27. The first-order chi connectivity index (χ1) is 12.9. The summed E-state index contributed by atoms with van der Waals surface area (Å²) < 4.78 is 5.28. The number of rotatable bonds is 8. The van der Waals surface area contributed by atoms with Gasteiger partial charge in [-0.05, 0) is 30.5 Å². The van der Waals surface area contributed by atoms with Gasteiger partial charge in [0.1, 0.15) is 0 Å². The van der Waals surface area contributed by atoms with Crippen LogP contribution in [0.4, 0.5) is 5.69 Å². The maximum Gasteiger partial charge on any atom is 0.314 e. The molecule has 1 amide bonds. The van der Waals surface area contributed by atoms with E-state index in [0.717, 1.165) is 12.0 Å². The zero-order valence-corrected chi connectivity index (χ0v) is 15.9. The van der Waals surface area contributed by atoms with E-state index in [0.29, 0.717) is 11.3 Å². The van der Waals surface area contributed by atoms with Crippen LogP contribution in [0.5, 0.6) is 0 Å². The van der Waals surface area contributed by atoms with Gasteiger partial charge in [0.25, 0.3) is 5.91 Å². The van der Waals surface area contributed by atoms with E-state index in [1.165, 1.54) is 6.92 Å². The van der Waals surface area contributed by atoms with E-state index < -0.39 is 17.8 Å². The number of carbonyl (C=O) groups is 3. The van der Waals surface area contributed by atoms with Gasteiger partial charge in [-0.1, -0.05) is 62.7 Å². The first kappa shape index (κ1) is 20.4. The lowest BCUT2D eigenvalue weighted by Crippen LogP contribution is -2.27. The van der Waals surface area contributed by atoms with Crippen LogP contribution in [0.3, 0.4) is 0 Å². The Kier molecular flexibility index (Phi) is 7.29. The fraction of sp³-hybridized carbons (Fsp3) is 0.318. The highest BCUT2D eigenvalue weighted by molar-refractivity contribution is 5.97. The SMILES string of the molecule is CC[C@@H](C)[C@H](C(=O)OCC(=O)Nc1cccc(C(C)=O)c1)c1ccccc1. The molecule has 0 heterocycles. The van der Waals surface area contributed by atoms with Crippen LogP contribution in [0.2, 0.25) is 0 Å². The van der Waals surface area contributed by atoms with Gasteiger partial charge in [-0.3, -0.25) is 14.4 Å². The Balaban J connectivity index is 1.99. The Morgan fingerprint density at radius 3 is 2.37 bits per heavy atom. The van der Waals surface area contributed by atoms with Gasteiger partial charge in [-0.15, -0.1) is 0 Å². The molecule has 142 valence electrons. The molecule has 5 nitrogen and oxygen atoms in total. The molecule has 0 saturated heterocycles. The Hall–Kier alpha value is -2.95. The van der Waals surface area contributed by atoms with Crippen LogP contribution in [0.25, 0.3) is 0 Å². The standard InChI is InChI=1S/C22H25NO4/c1-4-15(2)21(17-9-6-5-7-10-17)22(26)27-14-20(25)23-19-12-8-11-18(13-19)16(3)24/h5-13,15,21H,4,14H2,1-3H3,(H,23,25)/t15-,21+/m1/s1. The second-order valence-electron chi connectivity index (χ2n) is 6.57. The van der Waals surface area contributed by atoms with Crippen LogP contribution in [0.1, 0.15) is 49.0 Å². The van der Waals surface area contributed by atoms with Gasteiger partial charge in [0, 0.05) is 11.3 Å². The lowest BCUT2D eigenvalue weighted by Gasteiger charge is -2.21. The largest absolute Gasteiger partial charge is 0.455 e. The minimum Gasteiger partial charge on any atom is -0.455 e. The van der Waals surface area contributed by atoms with Crippen LogP contribution < -0.4 is 5.32 Å². The molecular formula is C22H25NO4. The number of hydrogen-bond donors (Lipinski definition) is 1. The highest BCUT2D eigenvalue weighted by atomic mass is 16.5. The molecule has 0 aliphatic rings. The van der Waals surface area contributed by atoms with Crippen molar-refractivity contribution in [3.8, 4) is 0 Å². The average Bonchev–Trinajstić information content (AvgIpc) is 2.67. The van der Waals surface area contributed by atoms with E-state index in [1.807, 2.05) is 44.2 Å². The number of ether oxygens (including phenoxy) is 1. The molecule has 0 aliphatic heterocycles. The zero-order chi connectivity index (χ0) is 19.8. The minimum absolute atomic E-state index is 0.0863. The first-order valence-electron chi connectivity index (χ1n) is 9.04. The zero-order valence-electron chi connectivity index (χ0n) is 15.9. The Bertz CT molecular complexity index is 801. The maximum absolute atomic E-state index is 12.6. The summed E-state index contributed by atoms with van der Waals surface area (Å²) in [5.41, 5.74) is 1.88. The number of benzene rings is 2. The van der Waals surface area contributed by atoms with Gasteiger partial charge in [-0.2, -0.15) is 0 Å². The third-order valence-electron chi connectivity index (χ3n) is 4.52. The molecule has 0 bridgehead atoms. The summed E-state index contributed by atoms with van der Waals surface area (Å²) in [6.07, 6.45) is 0.818. The molecule has 5 heteroatoms. The third kappa shape index (κ3) is 5.78. The van der Waals surface area contributed by atoms with Crippen molar-refractivity contribution in [1.29, 1.82) is 0 Å². The second-order valence-corrected chi connectivity index (χ2v) is 6.57. The first-order valence-corrected chi connectivity index (χ1v) is 9.04. The van der Waals surface area contributed by atoms with Gasteiger partial charge < -0.3 is 10.1 Å². The normalized spacial score (nSPS) is 12.7. The quantitative estimate of drug-likeness (QED) is 0.561. The monoisotopic (exact) mass is 367 g/mol. The molecule has 0 fully saturated rings. The van der Waals surface area contributed by atoms with Gasteiger partial charge in [0.2, 0.25) is 0 Å². The van der Waals surface area contributed by atoms with Crippen molar-refractivity contribution < 1.29 is 19.1 Å². The van der Waals surface area contributed by atoms with Gasteiger partial charge in [0.15, 0.2) is 12.4 Å². The Morgan fingerprint density at radius 2 is 1.74 bits per heavy atom. The molecule has 0 radical (unpaired) electrons. The molecule has 2 rings (SSSR count). The summed E-state index contributed by atoms with van der Waals surface area (Å²) in [6.45, 7) is 5.10. The van der Waals surface area contributed by atoms with E-state index >= 15 is 0 Å². The predicted octanol–water partition coefficient (Wildman–Crippen LogP) is 4.20. The van der Waals surface area contributed by atoms with Crippen molar-refractivity contribution in [1.82, 2.24) is 0 Å². The molecule has 27 heavy (non-hydrogen) atoms. The fourth-order valence-electron chi connectivity index (χ4n) is 2.83. The average molecular weight is 367 g/mol. The number of carbonyl (C=O) groups excluding carboxylic acids is 3. The summed E-state index contributed by atoms with van der Waals surface area (Å²) in [4.78, 5) is 36.1. The molecule has 0 unspecified atom stereocenters. The Labute approximate surface area is 159 Å². The summed E-state index contributed by atoms with van der Waals surface area (Å²) in [5, 5.41) is 2.65. The van der Waals surface area contributed by atoms with E-state index in [4.69, 9.17) is 4.74 Å². The molecule has 0 saturated carbocycles. The molecule has 1 N–H and O–H groups in total. The summed E-state index contributed by atoms with van der Waals surface area (Å²) in [7, 11) is 0.